The number of para-hydroxylation sites is 1. The Morgan fingerprint density at radius 3 is 2.48 bits per heavy atom. The van der Waals surface area contributed by atoms with Gasteiger partial charge in [-0.3, -0.25) is 14.5 Å². The van der Waals surface area contributed by atoms with Crippen LogP contribution in [0, 0.1) is 0 Å². The van der Waals surface area contributed by atoms with Crippen LogP contribution in [-0.2, 0) is 9.53 Å². The number of carbonyl (C=O) groups is 3. The van der Waals surface area contributed by atoms with E-state index in [1.807, 2.05) is 0 Å². The number of hydrogen-bond donors (Lipinski definition) is 2. The van der Waals surface area contributed by atoms with Crippen LogP contribution in [0.25, 0.3) is 0 Å². The largest absolute Gasteiger partial charge is 0.450 e. The lowest BCUT2D eigenvalue weighted by molar-refractivity contribution is -0.116. The van der Waals surface area contributed by atoms with Gasteiger partial charge in [0, 0.05) is 39.1 Å². The molecule has 1 saturated heterocycles. The molecule has 0 aliphatic carbocycles. The number of nitrogens with zero attached hydrogens (tertiary/aromatic N) is 2. The molecule has 25 heavy (non-hydrogen) atoms. The lowest BCUT2D eigenvalue weighted by atomic mass is 10.1. The van der Waals surface area contributed by atoms with Gasteiger partial charge in [0.2, 0.25) is 5.91 Å². The van der Waals surface area contributed by atoms with Crippen molar-refractivity contribution in [3.63, 3.8) is 0 Å². The first-order valence-electron chi connectivity index (χ1n) is 8.34. The predicted octanol–water partition coefficient (Wildman–Crippen LogP) is 0.888. The topological polar surface area (TPSA) is 105 Å². The summed E-state index contributed by atoms with van der Waals surface area (Å²) in [5.41, 5.74) is 6.01. The summed E-state index contributed by atoms with van der Waals surface area (Å²) in [6.07, 6.45) is 0.00918. The van der Waals surface area contributed by atoms with E-state index in [0.717, 1.165) is 0 Å². The van der Waals surface area contributed by atoms with Crippen LogP contribution in [-0.4, -0.2) is 67.0 Å². The van der Waals surface area contributed by atoms with Crippen molar-refractivity contribution >= 4 is 23.6 Å². The van der Waals surface area contributed by atoms with Crippen LogP contribution < -0.4 is 11.1 Å². The molecule has 0 radical (unpaired) electrons. The quantitative estimate of drug-likeness (QED) is 0.794. The van der Waals surface area contributed by atoms with Crippen molar-refractivity contribution in [2.45, 2.75) is 13.3 Å². The lowest BCUT2D eigenvalue weighted by Gasteiger charge is -2.33. The molecule has 8 heteroatoms. The molecule has 0 unspecified atom stereocenters. The normalized spacial score (nSPS) is 14.8. The first-order chi connectivity index (χ1) is 12.0. The van der Waals surface area contributed by atoms with Gasteiger partial charge in [0.25, 0.3) is 5.91 Å². The second-order valence-corrected chi connectivity index (χ2v) is 5.74. The molecule has 1 aliphatic heterocycles. The molecule has 0 spiro atoms. The number of piperazine rings is 1. The average Bonchev–Trinajstić information content (AvgIpc) is 2.61. The van der Waals surface area contributed by atoms with Gasteiger partial charge in [-0.1, -0.05) is 12.1 Å². The highest BCUT2D eigenvalue weighted by Crippen LogP contribution is 2.14. The molecular weight excluding hydrogens is 324 g/mol. The minimum Gasteiger partial charge on any atom is -0.450 e. The monoisotopic (exact) mass is 348 g/mol. The van der Waals surface area contributed by atoms with E-state index >= 15 is 0 Å². The van der Waals surface area contributed by atoms with E-state index in [-0.39, 0.29) is 12.0 Å². The second kappa shape index (κ2) is 9.03. The highest BCUT2D eigenvalue weighted by Gasteiger charge is 2.22. The van der Waals surface area contributed by atoms with E-state index in [2.05, 4.69) is 10.2 Å². The van der Waals surface area contributed by atoms with E-state index in [1.165, 1.54) is 0 Å². The Kier molecular flexibility index (Phi) is 6.76. The van der Waals surface area contributed by atoms with E-state index < -0.39 is 5.91 Å². The fraction of sp³-hybridized carbons (Fsp3) is 0.471. The smallest absolute Gasteiger partial charge is 0.409 e. The van der Waals surface area contributed by atoms with Crippen LogP contribution in [0.5, 0.6) is 0 Å². The SMILES string of the molecule is CCOC(=O)N1CCN(CCC(=O)Nc2ccccc2C(N)=O)CC1. The van der Waals surface area contributed by atoms with Gasteiger partial charge in [-0.2, -0.15) is 0 Å². The van der Waals surface area contributed by atoms with Crippen LogP contribution in [0.2, 0.25) is 0 Å². The first kappa shape index (κ1) is 18.7. The van der Waals surface area contributed by atoms with Gasteiger partial charge in [0.15, 0.2) is 0 Å². The van der Waals surface area contributed by atoms with E-state index in [1.54, 1.807) is 36.1 Å². The molecule has 1 heterocycles. The van der Waals surface area contributed by atoms with E-state index in [4.69, 9.17) is 10.5 Å². The zero-order valence-corrected chi connectivity index (χ0v) is 14.4. The highest BCUT2D eigenvalue weighted by molar-refractivity contribution is 6.02. The fourth-order valence-corrected chi connectivity index (χ4v) is 2.65. The molecule has 1 fully saturated rings. The van der Waals surface area contributed by atoms with Gasteiger partial charge in [0.1, 0.15) is 0 Å². The molecule has 0 saturated carbocycles. The zero-order valence-electron chi connectivity index (χ0n) is 14.4. The predicted molar refractivity (Wildman–Crippen MR) is 93.2 cm³/mol. The number of carbonyl (C=O) groups excluding carboxylic acids is 3. The molecule has 3 N–H and O–H groups in total. The van der Waals surface area contributed by atoms with Crippen LogP contribution >= 0.6 is 0 Å². The van der Waals surface area contributed by atoms with Crippen molar-refractivity contribution in [3.8, 4) is 0 Å². The van der Waals surface area contributed by atoms with Crippen molar-refractivity contribution in [2.24, 2.45) is 5.73 Å². The van der Waals surface area contributed by atoms with Gasteiger partial charge < -0.3 is 20.7 Å². The number of ether oxygens (including phenoxy) is 1. The average molecular weight is 348 g/mol. The van der Waals surface area contributed by atoms with Crippen molar-refractivity contribution in [1.82, 2.24) is 9.80 Å². The lowest BCUT2D eigenvalue weighted by Crippen LogP contribution is -2.49. The summed E-state index contributed by atoms with van der Waals surface area (Å²) < 4.78 is 4.98. The number of primary amides is 1. The molecule has 1 aromatic rings. The first-order valence-corrected chi connectivity index (χ1v) is 8.34. The van der Waals surface area contributed by atoms with Gasteiger partial charge >= 0.3 is 6.09 Å². The third kappa shape index (κ3) is 5.46. The summed E-state index contributed by atoms with van der Waals surface area (Å²) in [5.74, 6) is -0.757. The highest BCUT2D eigenvalue weighted by atomic mass is 16.6. The van der Waals surface area contributed by atoms with Crippen LogP contribution in [0.3, 0.4) is 0 Å². The van der Waals surface area contributed by atoms with Crippen LogP contribution in [0.1, 0.15) is 23.7 Å². The maximum absolute atomic E-state index is 12.1. The number of amides is 3. The molecule has 1 aromatic carbocycles. The number of rotatable bonds is 6. The van der Waals surface area contributed by atoms with Gasteiger partial charge in [0.05, 0.1) is 17.9 Å². The van der Waals surface area contributed by atoms with Gasteiger partial charge in [-0.15, -0.1) is 0 Å². The Morgan fingerprint density at radius 2 is 1.84 bits per heavy atom. The Morgan fingerprint density at radius 1 is 1.16 bits per heavy atom. The van der Waals surface area contributed by atoms with Crippen molar-refractivity contribution < 1.29 is 19.1 Å². The summed E-state index contributed by atoms with van der Waals surface area (Å²) >= 11 is 0. The summed E-state index contributed by atoms with van der Waals surface area (Å²) in [6.45, 7) is 5.31. The third-order valence-electron chi connectivity index (χ3n) is 4.02. The molecule has 2 rings (SSSR count). The van der Waals surface area contributed by atoms with E-state index in [9.17, 15) is 14.4 Å². The number of anilines is 1. The molecule has 0 bridgehead atoms. The summed E-state index contributed by atoms with van der Waals surface area (Å²) in [6, 6.07) is 6.65. The zero-order chi connectivity index (χ0) is 18.2. The number of hydrogen-bond acceptors (Lipinski definition) is 5. The minimum atomic E-state index is -0.578. The van der Waals surface area contributed by atoms with Crippen molar-refractivity contribution in [3.05, 3.63) is 29.8 Å². The summed E-state index contributed by atoms with van der Waals surface area (Å²) in [5, 5.41) is 2.72. The molecular formula is C17H24N4O4. The Hall–Kier alpha value is -2.61. The summed E-state index contributed by atoms with van der Waals surface area (Å²) in [7, 11) is 0. The molecule has 136 valence electrons. The Bertz CT molecular complexity index is 627. The number of nitrogens with one attached hydrogen (secondary N) is 1. The summed E-state index contributed by atoms with van der Waals surface area (Å²) in [4.78, 5) is 38.9. The van der Waals surface area contributed by atoms with E-state index in [0.29, 0.717) is 57.0 Å². The molecule has 0 atom stereocenters. The molecule has 8 nitrogen and oxygen atoms in total. The Balaban J connectivity index is 1.76. The Labute approximate surface area is 146 Å². The van der Waals surface area contributed by atoms with Gasteiger partial charge in [-0.25, -0.2) is 4.79 Å². The second-order valence-electron chi connectivity index (χ2n) is 5.74. The molecule has 3 amide bonds. The van der Waals surface area contributed by atoms with Crippen LogP contribution in [0.4, 0.5) is 10.5 Å². The standard InChI is InChI=1S/C17H24N4O4/c1-2-25-17(24)21-11-9-20(10-12-21)8-7-15(22)19-14-6-4-3-5-13(14)16(18)23/h3-6H,2,7-12H2,1H3,(H2,18,23)(H,19,22). The molecule has 0 aromatic heterocycles. The van der Waals surface area contributed by atoms with Gasteiger partial charge in [-0.05, 0) is 19.1 Å². The number of nitrogens with two attached hydrogens (primary N) is 1. The van der Waals surface area contributed by atoms with Crippen molar-refractivity contribution in [1.29, 1.82) is 0 Å². The molecule has 1 aliphatic rings. The maximum atomic E-state index is 12.1. The number of benzene rings is 1. The third-order valence-corrected chi connectivity index (χ3v) is 4.02. The fourth-order valence-electron chi connectivity index (χ4n) is 2.65. The van der Waals surface area contributed by atoms with Crippen LogP contribution in [0.15, 0.2) is 24.3 Å². The van der Waals surface area contributed by atoms with Crippen molar-refractivity contribution in [2.75, 3.05) is 44.6 Å². The maximum Gasteiger partial charge on any atom is 0.409 e. The minimum absolute atomic E-state index is 0.179.